The highest BCUT2D eigenvalue weighted by atomic mass is 32.1. The number of carbonyl (C=O) groups excluding carboxylic acids is 6. The van der Waals surface area contributed by atoms with Gasteiger partial charge in [0.15, 0.2) is 16.5 Å². The van der Waals surface area contributed by atoms with Crippen LogP contribution in [-0.4, -0.2) is 149 Å². The number of nitrogens with one attached hydrogen (secondary N) is 3. The molecule has 12 rings (SSSR count). The molecule has 0 spiro atoms. The molecule has 2 aliphatic heterocycles. The van der Waals surface area contributed by atoms with Crippen LogP contribution in [0.25, 0.3) is 27.6 Å². The Morgan fingerprint density at radius 2 is 1.67 bits per heavy atom. The number of amides is 6. The fraction of sp³-hybridized carbons (Fsp3) is 0.448. The van der Waals surface area contributed by atoms with Gasteiger partial charge < -0.3 is 44.8 Å². The quantitative estimate of drug-likeness (QED) is 0.0151. The van der Waals surface area contributed by atoms with Crippen molar-refractivity contribution in [3.8, 4) is 11.1 Å². The molecule has 6 N–H and O–H groups in total. The Labute approximate surface area is 542 Å². The summed E-state index contributed by atoms with van der Waals surface area (Å²) in [5, 5.41) is 24.6. The largest absolute Gasteiger partial charge is 0.476 e. The predicted octanol–water partition coefficient (Wildman–Crippen LogP) is 9.36. The molecule has 4 fully saturated rings. The number of pyridine rings is 2. The van der Waals surface area contributed by atoms with Gasteiger partial charge in [-0.25, -0.2) is 19.6 Å². The van der Waals surface area contributed by atoms with Gasteiger partial charge >= 0.3 is 19.7 Å². The molecule has 2 atom stereocenters. The molecule has 0 saturated heterocycles. The third kappa shape index (κ3) is 16.0. The van der Waals surface area contributed by atoms with E-state index in [9.17, 15) is 53.0 Å². The maximum atomic E-state index is 13.8. The fourth-order valence-electron chi connectivity index (χ4n) is 15.5. The zero-order valence-corrected chi connectivity index (χ0v) is 54.1. The molecule has 93 heavy (non-hydrogen) atoms. The van der Waals surface area contributed by atoms with Crippen molar-refractivity contribution >= 4 is 93.6 Å². The number of ether oxygens (including phenoxy) is 2. The number of carbonyl (C=O) groups is 7. The highest BCUT2D eigenvalue weighted by molar-refractivity contribution is 7.51. The number of anilines is 3. The van der Waals surface area contributed by atoms with E-state index in [1.165, 1.54) is 33.3 Å². The van der Waals surface area contributed by atoms with E-state index in [0.29, 0.717) is 96.4 Å². The molecule has 2 unspecified atom stereocenters. The van der Waals surface area contributed by atoms with Crippen LogP contribution in [-0.2, 0) is 52.7 Å². The number of aromatic carboxylic acids is 1. The Hall–Kier alpha value is -8.48. The van der Waals surface area contributed by atoms with Crippen molar-refractivity contribution in [1.82, 2.24) is 39.8 Å². The Morgan fingerprint density at radius 1 is 0.871 bits per heavy atom. The van der Waals surface area contributed by atoms with Gasteiger partial charge in [0.2, 0.25) is 11.8 Å². The monoisotopic (exact) mass is 1310 g/mol. The Balaban J connectivity index is 0.684. The molecule has 4 aliphatic carbocycles. The second-order valence-electron chi connectivity index (χ2n) is 26.2. The van der Waals surface area contributed by atoms with Crippen LogP contribution in [0, 0.1) is 29.2 Å². The summed E-state index contributed by atoms with van der Waals surface area (Å²) in [6.07, 6.45) is 16.2. The van der Waals surface area contributed by atoms with Gasteiger partial charge in [0.1, 0.15) is 12.4 Å². The lowest BCUT2D eigenvalue weighted by Crippen LogP contribution is -2.64. The van der Waals surface area contributed by atoms with Crippen LogP contribution < -0.4 is 20.9 Å². The number of carboxylic acids is 1. The van der Waals surface area contributed by atoms with E-state index >= 15 is 0 Å². The molecule has 6 aliphatic rings. The molecule has 6 heterocycles. The molecule has 4 aromatic heterocycles. The van der Waals surface area contributed by atoms with Gasteiger partial charge in [0.25, 0.3) is 17.7 Å². The molecular formula is C67H77N11O13PS. The Morgan fingerprint density at radius 3 is 2.43 bits per heavy atom. The summed E-state index contributed by atoms with van der Waals surface area (Å²) in [5.41, 5.74) is 4.95. The average Bonchev–Trinajstić information content (AvgIpc) is 0.738. The SMILES string of the molecule is Cc1c(-c2ccc(N3CCc4cccc(C(=O)Nc5nc6ncccc6s5)c4C3)nc2C(=O)O)cnn1CC12CC3(C)CC(C)(C1)CC(OCCN(CCCP(=O)(O)O)C(=O)OC/C=C/c1cc[c]c(NC(=O)CCNC(=O)CCCCCN4C(=O)C=CC4=O)c1)(C3)C2. The lowest BCUT2D eigenvalue weighted by molar-refractivity contribution is -0.248. The molecule has 2 aromatic carbocycles. The number of aromatic nitrogens is 5. The van der Waals surface area contributed by atoms with Crippen molar-refractivity contribution < 1.29 is 62.5 Å². The number of benzene rings is 2. The lowest BCUT2D eigenvalue weighted by atomic mass is 9.39. The summed E-state index contributed by atoms with van der Waals surface area (Å²) in [6.45, 7) is 8.72. The van der Waals surface area contributed by atoms with Crippen molar-refractivity contribution in [3.63, 3.8) is 0 Å². The maximum absolute atomic E-state index is 13.8. The maximum Gasteiger partial charge on any atom is 0.410 e. The van der Waals surface area contributed by atoms with Crippen molar-refractivity contribution in [2.24, 2.45) is 16.2 Å². The number of rotatable bonds is 28. The van der Waals surface area contributed by atoms with Crippen LogP contribution in [0.3, 0.4) is 0 Å². The molecule has 24 nitrogen and oxygen atoms in total. The highest BCUT2D eigenvalue weighted by Crippen LogP contribution is 2.72. The van der Waals surface area contributed by atoms with E-state index in [1.54, 1.807) is 54.9 Å². The number of hydrogen-bond acceptors (Lipinski definition) is 16. The van der Waals surface area contributed by atoms with E-state index in [-0.39, 0.29) is 104 Å². The molecule has 1 radical (unpaired) electrons. The number of imide groups is 1. The van der Waals surface area contributed by atoms with Crippen LogP contribution >= 0.6 is 18.9 Å². The van der Waals surface area contributed by atoms with Crippen molar-refractivity contribution in [3.05, 3.63) is 131 Å². The Kier molecular flexibility index (Phi) is 19.6. The number of unbranched alkanes of at least 4 members (excludes halogenated alkanes) is 2. The van der Waals surface area contributed by atoms with Crippen molar-refractivity contribution in [2.45, 2.75) is 123 Å². The van der Waals surface area contributed by atoms with E-state index in [2.05, 4.69) is 45.8 Å². The summed E-state index contributed by atoms with van der Waals surface area (Å²) in [7, 11) is -4.36. The van der Waals surface area contributed by atoms with Crippen LogP contribution in [0.1, 0.15) is 134 Å². The molecule has 6 amide bonds. The van der Waals surface area contributed by atoms with Gasteiger partial charge in [-0.3, -0.25) is 43.4 Å². The number of nitrogens with zero attached hydrogens (tertiary/aromatic N) is 8. The van der Waals surface area contributed by atoms with E-state index in [0.717, 1.165) is 60.0 Å². The Bertz CT molecular complexity index is 3920. The summed E-state index contributed by atoms with van der Waals surface area (Å²) >= 11 is 1.35. The fourth-order valence-corrected chi connectivity index (χ4v) is 16.9. The first-order valence-electron chi connectivity index (χ1n) is 31.5. The van der Waals surface area contributed by atoms with E-state index in [4.69, 9.17) is 19.6 Å². The van der Waals surface area contributed by atoms with Gasteiger partial charge in [-0.1, -0.05) is 61.9 Å². The zero-order valence-electron chi connectivity index (χ0n) is 52.4. The van der Waals surface area contributed by atoms with Crippen molar-refractivity contribution in [1.29, 1.82) is 0 Å². The topological polar surface area (TPSA) is 318 Å². The first-order valence-corrected chi connectivity index (χ1v) is 34.1. The minimum absolute atomic E-state index is 0.0258. The first kappa shape index (κ1) is 66.0. The van der Waals surface area contributed by atoms with Gasteiger partial charge in [-0.2, -0.15) is 10.1 Å². The molecule has 489 valence electrons. The first-order chi connectivity index (χ1) is 44.4. The predicted molar refractivity (Wildman–Crippen MR) is 348 cm³/mol. The summed E-state index contributed by atoms with van der Waals surface area (Å²) in [4.78, 5) is 127. The number of carboxylic acid groups (broad SMARTS) is 1. The second-order valence-corrected chi connectivity index (χ2v) is 29.0. The highest BCUT2D eigenvalue weighted by Gasteiger charge is 2.66. The summed E-state index contributed by atoms with van der Waals surface area (Å²) < 4.78 is 27.5. The van der Waals surface area contributed by atoms with Crippen LogP contribution in [0.5, 0.6) is 0 Å². The molecular weight excluding hydrogens is 1230 g/mol. The number of fused-ring (bicyclic) bond motifs is 2. The van der Waals surface area contributed by atoms with Gasteiger partial charge in [-0.05, 0) is 147 Å². The number of hydrogen-bond donors (Lipinski definition) is 6. The van der Waals surface area contributed by atoms with Gasteiger partial charge in [-0.15, -0.1) is 0 Å². The standard InChI is InChI=1S/C67H77N11O13PS/c1-44-50(48-19-20-53(72-58(48)61(84)85)76-29-24-46-14-8-16-49(51(46)36-76)60(83)74-62-73-59-52(93-62)17-9-25-69-59)35-70-78(44)43-66-38-64(2)37-65(3,39-66)41-67(40-64,42-66)91-32-30-75(27-11-33-92(87,88)89)63(86)90-31-10-13-45-12-7-15-47(34-45)71-55(80)23-26-68-54(79)18-5-4-6-28-77-56(81)21-22-57(77)82/h7-10,12-14,16-17,19-22,25,34-35H,4-6,11,18,23-24,26-33,36-43H2,1-3H3,(H,68,79)(H,71,80)(H,84,85)(H2,87,88,89)(H,69,73,74,83)/b13-10+. The minimum Gasteiger partial charge on any atom is -0.476 e. The van der Waals surface area contributed by atoms with Crippen molar-refractivity contribution in [2.75, 3.05) is 67.6 Å². The zero-order chi connectivity index (χ0) is 65.7. The minimum atomic E-state index is -4.36. The van der Waals surface area contributed by atoms with E-state index in [1.807, 2.05) is 46.8 Å². The van der Waals surface area contributed by atoms with Crippen LogP contribution in [0.4, 0.5) is 21.4 Å². The lowest BCUT2D eigenvalue weighted by Gasteiger charge is -2.69. The summed E-state index contributed by atoms with van der Waals surface area (Å²) in [5.74, 6) is -2.19. The van der Waals surface area contributed by atoms with Crippen LogP contribution in [0.15, 0.2) is 91.3 Å². The molecule has 4 saturated carbocycles. The van der Waals surface area contributed by atoms with E-state index < -0.39 is 31.4 Å². The van der Waals surface area contributed by atoms with Gasteiger partial charge in [0.05, 0.1) is 29.3 Å². The smallest absolute Gasteiger partial charge is 0.410 e. The number of thiazole rings is 1. The molecule has 26 heteroatoms. The summed E-state index contributed by atoms with van der Waals surface area (Å²) in [6, 6.07) is 21.1. The average molecular weight is 1310 g/mol. The molecule has 4 bridgehead atoms. The van der Waals surface area contributed by atoms with Crippen LogP contribution in [0.2, 0.25) is 0 Å². The molecule has 6 aromatic rings. The second kappa shape index (κ2) is 27.6. The normalized spacial score (nSPS) is 21.4. The third-order valence-corrected chi connectivity index (χ3v) is 20.1. The van der Waals surface area contributed by atoms with Gasteiger partial charge in [0, 0.05) is 111 Å². The third-order valence-electron chi connectivity index (χ3n) is 18.3.